The molecule has 0 N–H and O–H groups in total. The van der Waals surface area contributed by atoms with Crippen LogP contribution < -0.4 is 0 Å². The molecule has 0 saturated carbocycles. The minimum atomic E-state index is -4.74. The van der Waals surface area contributed by atoms with E-state index >= 15 is 0 Å². The van der Waals surface area contributed by atoms with E-state index in [0.29, 0.717) is 16.1 Å². The highest BCUT2D eigenvalue weighted by Crippen LogP contribution is 2.34. The average molecular weight is 363 g/mol. The van der Waals surface area contributed by atoms with E-state index in [-0.39, 0.29) is 11.5 Å². The Hall–Kier alpha value is -1.50. The van der Waals surface area contributed by atoms with Crippen molar-refractivity contribution < 1.29 is 17.6 Å². The predicted octanol–water partition coefficient (Wildman–Crippen LogP) is 5.19. The predicted molar refractivity (Wildman–Crippen MR) is 74.2 cm³/mol. The molecule has 0 fully saturated rings. The van der Waals surface area contributed by atoms with Crippen molar-refractivity contribution in [2.24, 2.45) is 0 Å². The maximum absolute atomic E-state index is 13.3. The fraction of sp³-hybridized carbons (Fsp3) is 0.286. The number of halogens is 5. The van der Waals surface area contributed by atoms with E-state index in [0.717, 1.165) is 12.1 Å². The van der Waals surface area contributed by atoms with Gasteiger partial charge in [0.25, 0.3) is 0 Å². The molecular weight excluding hydrogens is 352 g/mol. The first-order valence-corrected chi connectivity index (χ1v) is 6.89. The molecule has 0 aliphatic heterocycles. The topological polar surface area (TPSA) is 25.8 Å². The summed E-state index contributed by atoms with van der Waals surface area (Å²) in [5.41, 5.74) is -0.805. The number of alkyl halides is 3. The molecule has 0 saturated heterocycles. The van der Waals surface area contributed by atoms with Crippen LogP contribution in [0.5, 0.6) is 0 Å². The lowest BCUT2D eigenvalue weighted by atomic mass is 10.1. The maximum atomic E-state index is 13.3. The summed E-state index contributed by atoms with van der Waals surface area (Å²) in [6, 6.07) is 4.32. The Bertz CT molecular complexity index is 669. The summed E-state index contributed by atoms with van der Waals surface area (Å²) in [5.74, 6) is -0.788. The van der Waals surface area contributed by atoms with Crippen molar-refractivity contribution in [2.45, 2.75) is 25.9 Å². The Morgan fingerprint density at radius 2 is 1.76 bits per heavy atom. The van der Waals surface area contributed by atoms with Crippen LogP contribution in [0, 0.1) is 5.82 Å². The van der Waals surface area contributed by atoms with Crippen LogP contribution in [0.25, 0.3) is 11.3 Å². The van der Waals surface area contributed by atoms with Crippen molar-refractivity contribution in [1.29, 1.82) is 0 Å². The second kappa shape index (κ2) is 5.71. The quantitative estimate of drug-likeness (QED) is 0.542. The average Bonchev–Trinajstić information content (AvgIpc) is 2.37. The molecule has 2 rings (SSSR count). The van der Waals surface area contributed by atoms with Crippen molar-refractivity contribution in [3.63, 3.8) is 0 Å². The van der Waals surface area contributed by atoms with E-state index in [2.05, 4.69) is 25.9 Å². The molecule has 1 heterocycles. The summed E-state index contributed by atoms with van der Waals surface area (Å²) >= 11 is 3.20. The number of hydrogen-bond donors (Lipinski definition) is 0. The number of benzene rings is 1. The summed E-state index contributed by atoms with van der Waals surface area (Å²) in [6.07, 6.45) is -4.74. The van der Waals surface area contributed by atoms with Gasteiger partial charge in [0.05, 0.1) is 11.3 Å². The van der Waals surface area contributed by atoms with Gasteiger partial charge in [-0.2, -0.15) is 13.2 Å². The van der Waals surface area contributed by atoms with Crippen LogP contribution in [-0.4, -0.2) is 9.97 Å². The van der Waals surface area contributed by atoms with Crippen LogP contribution in [0.15, 0.2) is 28.9 Å². The lowest BCUT2D eigenvalue weighted by molar-refractivity contribution is -0.139. The summed E-state index contributed by atoms with van der Waals surface area (Å²) in [6.45, 7) is 3.74. The summed E-state index contributed by atoms with van der Waals surface area (Å²) in [4.78, 5) is 8.38. The van der Waals surface area contributed by atoms with Gasteiger partial charge >= 0.3 is 6.18 Å². The number of hydrogen-bond acceptors (Lipinski definition) is 2. The van der Waals surface area contributed by atoms with E-state index in [1.807, 2.05) is 13.8 Å². The van der Waals surface area contributed by atoms with Crippen molar-refractivity contribution in [2.75, 3.05) is 0 Å². The third-order valence-corrected chi connectivity index (χ3v) is 3.20. The van der Waals surface area contributed by atoms with Crippen LogP contribution >= 0.6 is 15.9 Å². The Morgan fingerprint density at radius 1 is 1.10 bits per heavy atom. The molecule has 0 unspecified atom stereocenters. The third kappa shape index (κ3) is 3.58. The minimum Gasteiger partial charge on any atom is -0.233 e. The monoisotopic (exact) mass is 362 g/mol. The summed E-state index contributed by atoms with van der Waals surface area (Å²) < 4.78 is 52.0. The third-order valence-electron chi connectivity index (χ3n) is 2.80. The van der Waals surface area contributed by atoms with Gasteiger partial charge in [0.1, 0.15) is 16.2 Å². The lowest BCUT2D eigenvalue weighted by Gasteiger charge is -2.11. The van der Waals surface area contributed by atoms with Gasteiger partial charge in [0.15, 0.2) is 0 Å². The van der Waals surface area contributed by atoms with E-state index in [1.165, 1.54) is 12.1 Å². The largest absolute Gasteiger partial charge is 0.419 e. The SMILES string of the molecule is CC(C)c1nc(Br)cc(-c2ccc(F)c(C(F)(F)F)c2)n1. The summed E-state index contributed by atoms with van der Waals surface area (Å²) in [7, 11) is 0. The zero-order valence-electron chi connectivity index (χ0n) is 11.2. The molecule has 112 valence electrons. The van der Waals surface area contributed by atoms with Crippen LogP contribution in [0.1, 0.15) is 31.2 Å². The zero-order chi connectivity index (χ0) is 15.8. The first-order valence-electron chi connectivity index (χ1n) is 6.10. The Morgan fingerprint density at radius 3 is 2.33 bits per heavy atom. The number of rotatable bonds is 2. The molecular formula is C14H11BrF4N2. The van der Waals surface area contributed by atoms with Gasteiger partial charge in [0.2, 0.25) is 0 Å². The second-order valence-corrected chi connectivity index (χ2v) is 5.59. The number of aromatic nitrogens is 2. The van der Waals surface area contributed by atoms with Gasteiger partial charge in [-0.15, -0.1) is 0 Å². The Kier molecular flexibility index (Phi) is 4.32. The highest BCUT2D eigenvalue weighted by atomic mass is 79.9. The van der Waals surface area contributed by atoms with E-state index < -0.39 is 17.6 Å². The molecule has 0 amide bonds. The van der Waals surface area contributed by atoms with E-state index in [4.69, 9.17) is 0 Å². The first-order chi connectivity index (χ1) is 9.68. The van der Waals surface area contributed by atoms with Crippen molar-refractivity contribution in [1.82, 2.24) is 9.97 Å². The van der Waals surface area contributed by atoms with Gasteiger partial charge in [0, 0.05) is 11.5 Å². The normalized spacial score (nSPS) is 12.0. The fourth-order valence-electron chi connectivity index (χ4n) is 1.74. The molecule has 2 nitrogen and oxygen atoms in total. The maximum Gasteiger partial charge on any atom is 0.419 e. The molecule has 0 spiro atoms. The van der Waals surface area contributed by atoms with E-state index in [1.54, 1.807) is 0 Å². The lowest BCUT2D eigenvalue weighted by Crippen LogP contribution is -2.08. The highest BCUT2D eigenvalue weighted by Gasteiger charge is 2.34. The van der Waals surface area contributed by atoms with Crippen molar-refractivity contribution >= 4 is 15.9 Å². The molecule has 0 bridgehead atoms. The molecule has 0 radical (unpaired) electrons. The first kappa shape index (κ1) is 15.9. The van der Waals surface area contributed by atoms with Crippen LogP contribution in [0.2, 0.25) is 0 Å². The molecule has 1 aromatic heterocycles. The fourth-order valence-corrected chi connectivity index (χ4v) is 2.14. The molecule has 21 heavy (non-hydrogen) atoms. The highest BCUT2D eigenvalue weighted by molar-refractivity contribution is 9.10. The number of nitrogens with zero attached hydrogens (tertiary/aromatic N) is 2. The second-order valence-electron chi connectivity index (χ2n) is 4.78. The molecule has 0 atom stereocenters. The molecule has 2 aromatic rings. The Labute approximate surface area is 127 Å². The van der Waals surface area contributed by atoms with Gasteiger partial charge in [-0.05, 0) is 40.2 Å². The van der Waals surface area contributed by atoms with E-state index in [9.17, 15) is 17.6 Å². The van der Waals surface area contributed by atoms with Gasteiger partial charge in [-0.25, -0.2) is 14.4 Å². The van der Waals surface area contributed by atoms with Gasteiger partial charge in [-0.3, -0.25) is 0 Å². The standard InChI is InChI=1S/C14H11BrF4N2/c1-7(2)13-20-11(6-12(15)21-13)8-3-4-10(16)9(5-8)14(17,18)19/h3-7H,1-2H3. The smallest absolute Gasteiger partial charge is 0.233 e. The van der Waals surface area contributed by atoms with Gasteiger partial charge in [-0.1, -0.05) is 13.8 Å². The van der Waals surface area contributed by atoms with Crippen LogP contribution in [-0.2, 0) is 6.18 Å². The molecule has 0 aliphatic rings. The Balaban J connectivity index is 2.57. The molecule has 0 aliphatic carbocycles. The minimum absolute atomic E-state index is 0.0174. The van der Waals surface area contributed by atoms with Crippen molar-refractivity contribution in [3.8, 4) is 11.3 Å². The zero-order valence-corrected chi connectivity index (χ0v) is 12.8. The summed E-state index contributed by atoms with van der Waals surface area (Å²) in [5, 5.41) is 0. The molecule has 7 heteroatoms. The van der Waals surface area contributed by atoms with Gasteiger partial charge < -0.3 is 0 Å². The van der Waals surface area contributed by atoms with Crippen LogP contribution in [0.4, 0.5) is 17.6 Å². The van der Waals surface area contributed by atoms with Crippen LogP contribution in [0.3, 0.4) is 0 Å². The molecule has 1 aromatic carbocycles. The van der Waals surface area contributed by atoms with Crippen molar-refractivity contribution in [3.05, 3.63) is 46.1 Å².